The summed E-state index contributed by atoms with van der Waals surface area (Å²) in [4.78, 5) is 12.8. The van der Waals surface area contributed by atoms with E-state index in [0.29, 0.717) is 0 Å². The van der Waals surface area contributed by atoms with Gasteiger partial charge in [0, 0.05) is 31.8 Å². The van der Waals surface area contributed by atoms with Gasteiger partial charge in [0.05, 0.1) is 17.9 Å². The highest BCUT2D eigenvalue weighted by Gasteiger charge is 2.47. The summed E-state index contributed by atoms with van der Waals surface area (Å²) in [7, 11) is 1.78. The maximum atomic E-state index is 13.7. The number of carbonyl (C=O) groups excluding carboxylic acids is 1. The molecule has 30 heavy (non-hydrogen) atoms. The third-order valence-corrected chi connectivity index (χ3v) is 5.24. The maximum Gasteiger partial charge on any atom is 0.410 e. The highest BCUT2D eigenvalue weighted by atomic mass is 19.4. The van der Waals surface area contributed by atoms with Crippen molar-refractivity contribution in [3.63, 3.8) is 0 Å². The van der Waals surface area contributed by atoms with Gasteiger partial charge >= 0.3 is 6.18 Å². The molecule has 7 nitrogen and oxygen atoms in total. The van der Waals surface area contributed by atoms with Gasteiger partial charge < -0.3 is 10.6 Å². The number of aromatic nitrogens is 4. The van der Waals surface area contributed by atoms with Crippen LogP contribution >= 0.6 is 0 Å². The highest BCUT2D eigenvalue weighted by Crippen LogP contribution is 2.44. The number of aryl methyl sites for hydroxylation is 2. The summed E-state index contributed by atoms with van der Waals surface area (Å²) in [6.45, 7) is 2.04. The lowest BCUT2D eigenvalue weighted by Crippen LogP contribution is -2.36. The summed E-state index contributed by atoms with van der Waals surface area (Å²) in [6, 6.07) is 6.47. The second kappa shape index (κ2) is 7.51. The predicted octanol–water partition coefficient (Wildman–Crippen LogP) is 3.52. The Bertz CT molecular complexity index is 1060. The zero-order valence-corrected chi connectivity index (χ0v) is 16.4. The highest BCUT2D eigenvalue weighted by molar-refractivity contribution is 5.98. The second-order valence-electron chi connectivity index (χ2n) is 7.35. The molecule has 0 spiro atoms. The van der Waals surface area contributed by atoms with Crippen molar-refractivity contribution in [2.75, 3.05) is 5.32 Å². The van der Waals surface area contributed by atoms with Crippen molar-refractivity contribution in [1.82, 2.24) is 24.9 Å². The monoisotopic (exact) mass is 418 g/mol. The molecule has 1 aliphatic heterocycles. The number of alkyl halides is 3. The van der Waals surface area contributed by atoms with Crippen LogP contribution in [0.3, 0.4) is 0 Å². The molecule has 0 saturated carbocycles. The van der Waals surface area contributed by atoms with Crippen molar-refractivity contribution in [2.45, 2.75) is 38.1 Å². The van der Waals surface area contributed by atoms with Gasteiger partial charge in [-0.15, -0.1) is 0 Å². The van der Waals surface area contributed by atoms with E-state index >= 15 is 0 Å². The van der Waals surface area contributed by atoms with Crippen LogP contribution in [0, 0.1) is 6.92 Å². The summed E-state index contributed by atoms with van der Waals surface area (Å²) in [5.74, 6) is -0.431. The molecule has 1 amide bonds. The van der Waals surface area contributed by atoms with Gasteiger partial charge in [-0.2, -0.15) is 23.4 Å². The molecule has 0 unspecified atom stereocenters. The Morgan fingerprint density at radius 1 is 1.30 bits per heavy atom. The average molecular weight is 418 g/mol. The Balaban J connectivity index is 1.62. The molecule has 4 rings (SSSR count). The predicted molar refractivity (Wildman–Crippen MR) is 104 cm³/mol. The van der Waals surface area contributed by atoms with Gasteiger partial charge in [-0.3, -0.25) is 9.48 Å². The molecule has 0 saturated heterocycles. The number of hydrogen-bond donors (Lipinski definition) is 2. The van der Waals surface area contributed by atoms with E-state index in [1.54, 1.807) is 48.3 Å². The molecule has 10 heteroatoms. The first kappa shape index (κ1) is 20.0. The van der Waals surface area contributed by atoms with Crippen LogP contribution in [0.15, 0.2) is 42.7 Å². The number of carbonyl (C=O) groups is 1. The number of amides is 1. The van der Waals surface area contributed by atoms with Crippen LogP contribution in [0.25, 0.3) is 0 Å². The van der Waals surface area contributed by atoms with Crippen LogP contribution in [-0.2, 0) is 13.6 Å². The number of benzene rings is 1. The van der Waals surface area contributed by atoms with Gasteiger partial charge in [-0.1, -0.05) is 30.3 Å². The average Bonchev–Trinajstić information content (AvgIpc) is 3.27. The summed E-state index contributed by atoms with van der Waals surface area (Å²) < 4.78 is 43.7. The molecule has 0 bridgehead atoms. The van der Waals surface area contributed by atoms with Gasteiger partial charge in [0.2, 0.25) is 0 Å². The van der Waals surface area contributed by atoms with Crippen molar-refractivity contribution in [3.05, 3.63) is 65.1 Å². The minimum absolute atomic E-state index is 0.0674. The van der Waals surface area contributed by atoms with E-state index in [2.05, 4.69) is 20.8 Å². The molecule has 3 heterocycles. The van der Waals surface area contributed by atoms with Crippen LogP contribution in [0.1, 0.15) is 45.7 Å². The fourth-order valence-corrected chi connectivity index (χ4v) is 3.73. The van der Waals surface area contributed by atoms with E-state index in [1.165, 1.54) is 6.20 Å². The van der Waals surface area contributed by atoms with Gasteiger partial charge in [-0.25, -0.2) is 4.68 Å². The number of rotatable bonds is 4. The number of nitrogens with one attached hydrogen (secondary N) is 2. The molecule has 0 fully saturated rings. The Labute approximate surface area is 170 Å². The molecule has 158 valence electrons. The lowest BCUT2D eigenvalue weighted by molar-refractivity contribution is -0.173. The molecule has 3 aromatic rings. The largest absolute Gasteiger partial charge is 0.410 e. The van der Waals surface area contributed by atoms with E-state index in [4.69, 9.17) is 0 Å². The third kappa shape index (κ3) is 3.77. The molecule has 1 aromatic carbocycles. The van der Waals surface area contributed by atoms with Crippen molar-refractivity contribution >= 4 is 11.7 Å². The minimum Gasteiger partial charge on any atom is -0.363 e. The summed E-state index contributed by atoms with van der Waals surface area (Å²) in [5.41, 5.74) is 2.40. The fourth-order valence-electron chi connectivity index (χ4n) is 3.73. The van der Waals surface area contributed by atoms with Crippen LogP contribution in [0.5, 0.6) is 0 Å². The summed E-state index contributed by atoms with van der Waals surface area (Å²) >= 11 is 0. The summed E-state index contributed by atoms with van der Waals surface area (Å²) in [6.07, 6.45) is -1.74. The van der Waals surface area contributed by atoms with Crippen LogP contribution in [0.4, 0.5) is 19.0 Å². The van der Waals surface area contributed by atoms with Crippen molar-refractivity contribution < 1.29 is 18.0 Å². The van der Waals surface area contributed by atoms with Crippen LogP contribution < -0.4 is 10.6 Å². The normalized spacial score (nSPS) is 18.6. The van der Waals surface area contributed by atoms with E-state index in [1.807, 2.05) is 6.92 Å². The first-order chi connectivity index (χ1) is 14.2. The standard InChI is InChI=1S/C20H21F3N6O/c1-12-14(11-28(2)27-12)9-24-19(30)15-10-25-29-17(20(21,22)23)8-16(26-18(15)29)13-6-4-3-5-7-13/h3-7,10-11,16-17,26H,8-9H2,1-2H3,(H,24,30)/t16-,17+/m1/s1. The SMILES string of the molecule is Cc1nn(C)cc1CNC(=O)c1cnn2c1N[C@@H](c1ccccc1)C[C@H]2C(F)(F)F. The van der Waals surface area contributed by atoms with Gasteiger partial charge in [0.1, 0.15) is 11.4 Å². The number of nitrogens with zero attached hydrogens (tertiary/aromatic N) is 4. The fraction of sp³-hybridized carbons (Fsp3) is 0.350. The Morgan fingerprint density at radius 3 is 2.67 bits per heavy atom. The Hall–Kier alpha value is -3.30. The number of anilines is 1. The van der Waals surface area contributed by atoms with Gasteiger partial charge in [-0.05, 0) is 12.5 Å². The van der Waals surface area contributed by atoms with Gasteiger partial charge in [0.25, 0.3) is 5.91 Å². The van der Waals surface area contributed by atoms with Crippen molar-refractivity contribution in [3.8, 4) is 0 Å². The van der Waals surface area contributed by atoms with Crippen molar-refractivity contribution in [2.24, 2.45) is 7.05 Å². The molecule has 1 aliphatic rings. The first-order valence-electron chi connectivity index (χ1n) is 9.47. The lowest BCUT2D eigenvalue weighted by atomic mass is 9.96. The van der Waals surface area contributed by atoms with Crippen LogP contribution in [0.2, 0.25) is 0 Å². The maximum absolute atomic E-state index is 13.7. The van der Waals surface area contributed by atoms with E-state index in [-0.39, 0.29) is 24.3 Å². The number of hydrogen-bond acceptors (Lipinski definition) is 4. The molecule has 2 N–H and O–H groups in total. The quantitative estimate of drug-likeness (QED) is 0.680. The molecule has 2 atom stereocenters. The van der Waals surface area contributed by atoms with Crippen molar-refractivity contribution in [1.29, 1.82) is 0 Å². The molecule has 2 aromatic heterocycles. The van der Waals surface area contributed by atoms with E-state index in [0.717, 1.165) is 21.5 Å². The second-order valence-corrected chi connectivity index (χ2v) is 7.35. The third-order valence-electron chi connectivity index (χ3n) is 5.24. The molecular weight excluding hydrogens is 397 g/mol. The first-order valence-corrected chi connectivity index (χ1v) is 9.47. The van der Waals surface area contributed by atoms with Crippen LogP contribution in [-0.4, -0.2) is 31.6 Å². The minimum atomic E-state index is -4.49. The van der Waals surface area contributed by atoms with E-state index in [9.17, 15) is 18.0 Å². The smallest absolute Gasteiger partial charge is 0.363 e. The number of halogens is 3. The van der Waals surface area contributed by atoms with E-state index < -0.39 is 24.2 Å². The Kier molecular flexibility index (Phi) is 5.00. The zero-order valence-electron chi connectivity index (χ0n) is 16.4. The zero-order chi connectivity index (χ0) is 21.5. The summed E-state index contributed by atoms with van der Waals surface area (Å²) in [5, 5.41) is 13.9. The molecule has 0 radical (unpaired) electrons. The van der Waals surface area contributed by atoms with Gasteiger partial charge in [0.15, 0.2) is 6.04 Å². The Morgan fingerprint density at radius 2 is 2.03 bits per heavy atom. The molecule has 0 aliphatic carbocycles. The number of fused-ring (bicyclic) bond motifs is 1. The lowest BCUT2D eigenvalue weighted by Gasteiger charge is -2.34. The molecular formula is C20H21F3N6O. The topological polar surface area (TPSA) is 76.8 Å².